The van der Waals surface area contributed by atoms with Gasteiger partial charge in [0.1, 0.15) is 11.5 Å². The van der Waals surface area contributed by atoms with Gasteiger partial charge in [-0.1, -0.05) is 118 Å². The highest BCUT2D eigenvalue weighted by atomic mass is 16.5. The van der Waals surface area contributed by atoms with Crippen LogP contribution in [-0.4, -0.2) is 17.1 Å². The lowest BCUT2D eigenvalue weighted by molar-refractivity contribution is 0.414. The Kier molecular flexibility index (Phi) is 17.6. The Labute approximate surface area is 347 Å². The molecule has 3 fully saturated rings. The number of benzene rings is 2. The first-order valence-electron chi connectivity index (χ1n) is 21.9. The molecule has 3 saturated carbocycles. The summed E-state index contributed by atoms with van der Waals surface area (Å²) < 4.78 is 10.4. The van der Waals surface area contributed by atoms with Crippen LogP contribution in [0.5, 0.6) is 5.75 Å². The third-order valence-electron chi connectivity index (χ3n) is 11.1. The van der Waals surface area contributed by atoms with E-state index in [0.717, 1.165) is 29.3 Å². The fourth-order valence-corrected chi connectivity index (χ4v) is 7.30. The Balaban J connectivity index is 0.000000158. The molecule has 0 radical (unpaired) electrons. The maximum Gasteiger partial charge on any atom is 0.119 e. The van der Waals surface area contributed by atoms with Crippen LogP contribution in [-0.2, 0) is 0 Å². The molecule has 0 aliphatic heterocycles. The van der Waals surface area contributed by atoms with E-state index in [2.05, 4.69) is 141 Å². The molecule has 308 valence electrons. The second-order valence-electron chi connectivity index (χ2n) is 17.9. The van der Waals surface area contributed by atoms with Crippen molar-refractivity contribution in [3.05, 3.63) is 148 Å². The number of aryl methyl sites for hydroxylation is 2. The lowest BCUT2D eigenvalue weighted by atomic mass is 9.99. The molecule has 4 heteroatoms. The largest absolute Gasteiger partial charge is 0.497 e. The molecule has 0 atom stereocenters. The van der Waals surface area contributed by atoms with Gasteiger partial charge in [-0.05, 0) is 157 Å². The Hall–Kier alpha value is -4.18. The third kappa shape index (κ3) is 14.6. The van der Waals surface area contributed by atoms with Gasteiger partial charge in [-0.2, -0.15) is 0 Å². The van der Waals surface area contributed by atoms with Crippen molar-refractivity contribution in [2.24, 2.45) is 0 Å². The van der Waals surface area contributed by atoms with Gasteiger partial charge in [-0.25, -0.2) is 0 Å². The Morgan fingerprint density at radius 1 is 0.579 bits per heavy atom. The lowest BCUT2D eigenvalue weighted by Gasteiger charge is -2.09. The average molecular weight is 771 g/mol. The van der Waals surface area contributed by atoms with Gasteiger partial charge in [0.2, 0.25) is 0 Å². The van der Waals surface area contributed by atoms with Gasteiger partial charge in [0.25, 0.3) is 0 Å². The number of ether oxygens (including phenoxy) is 1. The fourth-order valence-electron chi connectivity index (χ4n) is 7.30. The first-order chi connectivity index (χ1) is 27.2. The number of rotatable bonds is 9. The first-order valence-corrected chi connectivity index (χ1v) is 21.9. The van der Waals surface area contributed by atoms with E-state index in [1.165, 1.54) is 83.3 Å². The summed E-state index contributed by atoms with van der Waals surface area (Å²) in [6.45, 7) is 26.2. The minimum Gasteiger partial charge on any atom is -0.497 e. The van der Waals surface area contributed by atoms with E-state index in [1.807, 2.05) is 43.8 Å². The Bertz CT molecular complexity index is 1780. The molecule has 57 heavy (non-hydrogen) atoms. The summed E-state index contributed by atoms with van der Waals surface area (Å²) in [4.78, 5) is 8.90. The molecule has 0 bridgehead atoms. The molecule has 0 unspecified atom stereocenters. The molecule has 5 aromatic rings. The molecule has 3 heterocycles. The van der Waals surface area contributed by atoms with Crippen LogP contribution < -0.4 is 4.74 Å². The molecule has 3 aliphatic carbocycles. The molecular formula is C53H74N2O2. The van der Waals surface area contributed by atoms with E-state index in [1.54, 1.807) is 12.7 Å². The highest BCUT2D eigenvalue weighted by Crippen LogP contribution is 2.43. The van der Waals surface area contributed by atoms with E-state index in [0.29, 0.717) is 29.6 Å². The van der Waals surface area contributed by atoms with Crippen molar-refractivity contribution >= 4 is 0 Å². The zero-order valence-corrected chi connectivity index (χ0v) is 37.7. The molecule has 8 rings (SSSR count). The van der Waals surface area contributed by atoms with Crippen molar-refractivity contribution < 1.29 is 9.15 Å². The standard InChI is InChI=1S/C12H16.2C11H15N.C10H14O.C9H14O/c1-9(2)11-4-3-5-12(8-11)10-6-7-10;1-8(2)11-10(9-5-6-9)4-3-7-12-11;1-8(2)10-4-3-7-12-11(10)9-5-6-9;1-8(2)9-5-4-6-10(7-9)11-3;1-6(2)9-7(3)5-10-8(9)4/h3-5,8-10H,6-7H2,1-2H3;2*3-4,7-9H,5-6H2,1-2H3;4-8H,1-3H3;5-6H,1-4H3. The second-order valence-corrected chi connectivity index (χ2v) is 17.9. The number of nitrogens with zero attached hydrogens (tertiary/aromatic N) is 2. The van der Waals surface area contributed by atoms with Crippen molar-refractivity contribution in [1.82, 2.24) is 9.97 Å². The molecule has 0 amide bonds. The van der Waals surface area contributed by atoms with E-state index in [9.17, 15) is 0 Å². The van der Waals surface area contributed by atoms with Crippen LogP contribution in [0, 0.1) is 13.8 Å². The molecule has 4 nitrogen and oxygen atoms in total. The SMILES string of the molecule is CC(C)c1cccc(C2CC2)c1.CC(C)c1cccnc1C1CC1.CC(C)c1ncccc1C1CC1.COc1cccc(C(C)C)c1.Cc1coc(C)c1C(C)C. The van der Waals surface area contributed by atoms with Gasteiger partial charge in [0.15, 0.2) is 0 Å². The lowest BCUT2D eigenvalue weighted by Crippen LogP contribution is -1.97. The summed E-state index contributed by atoms with van der Waals surface area (Å²) in [5.74, 6) is 7.52. The van der Waals surface area contributed by atoms with Crippen LogP contribution in [0.2, 0.25) is 0 Å². The minimum absolute atomic E-state index is 0.571. The number of methoxy groups -OCH3 is 1. The zero-order chi connectivity index (χ0) is 41.6. The van der Waals surface area contributed by atoms with Crippen molar-refractivity contribution in [2.45, 2.75) is 169 Å². The minimum atomic E-state index is 0.571. The molecule has 2 aromatic carbocycles. The van der Waals surface area contributed by atoms with Crippen molar-refractivity contribution in [1.29, 1.82) is 0 Å². The summed E-state index contributed by atoms with van der Waals surface area (Å²) in [5.41, 5.74) is 12.6. The monoisotopic (exact) mass is 771 g/mol. The van der Waals surface area contributed by atoms with Crippen LogP contribution in [0.25, 0.3) is 0 Å². The van der Waals surface area contributed by atoms with Crippen LogP contribution in [0.15, 0.2) is 95.9 Å². The number of pyridine rings is 2. The molecule has 0 saturated heterocycles. The summed E-state index contributed by atoms with van der Waals surface area (Å²) in [6, 6.07) is 25.8. The van der Waals surface area contributed by atoms with Gasteiger partial charge in [0.05, 0.1) is 13.4 Å². The highest BCUT2D eigenvalue weighted by Gasteiger charge is 2.28. The molecule has 0 spiro atoms. The fraction of sp³-hybridized carbons (Fsp3) is 0.509. The predicted octanol–water partition coefficient (Wildman–Crippen LogP) is 15.7. The average Bonchev–Trinajstić information content (AvgIpc) is 4.06. The Morgan fingerprint density at radius 2 is 1.16 bits per heavy atom. The predicted molar refractivity (Wildman–Crippen MR) is 242 cm³/mol. The molecule has 0 N–H and O–H groups in total. The van der Waals surface area contributed by atoms with Gasteiger partial charge < -0.3 is 9.15 Å². The zero-order valence-electron chi connectivity index (χ0n) is 37.7. The first kappa shape index (κ1) is 45.5. The van der Waals surface area contributed by atoms with E-state index < -0.39 is 0 Å². The van der Waals surface area contributed by atoms with E-state index in [-0.39, 0.29) is 0 Å². The van der Waals surface area contributed by atoms with E-state index in [4.69, 9.17) is 9.15 Å². The summed E-state index contributed by atoms with van der Waals surface area (Å²) in [7, 11) is 1.69. The second kappa shape index (κ2) is 22.1. The smallest absolute Gasteiger partial charge is 0.119 e. The maximum absolute atomic E-state index is 5.26. The van der Waals surface area contributed by atoms with Gasteiger partial charge in [-0.3, -0.25) is 9.97 Å². The van der Waals surface area contributed by atoms with Gasteiger partial charge in [-0.15, -0.1) is 0 Å². The van der Waals surface area contributed by atoms with Crippen LogP contribution in [0.4, 0.5) is 0 Å². The summed E-state index contributed by atoms with van der Waals surface area (Å²) in [5, 5.41) is 0. The van der Waals surface area contributed by atoms with Gasteiger partial charge in [0, 0.05) is 29.7 Å². The quantitative estimate of drug-likeness (QED) is 0.150. The molecule has 3 aliphatic rings. The number of aromatic nitrogens is 2. The van der Waals surface area contributed by atoms with Crippen LogP contribution >= 0.6 is 0 Å². The highest BCUT2D eigenvalue weighted by molar-refractivity contribution is 5.33. The summed E-state index contributed by atoms with van der Waals surface area (Å²) in [6.07, 6.45) is 13.9. The molecule has 3 aromatic heterocycles. The van der Waals surface area contributed by atoms with Crippen LogP contribution in [0.3, 0.4) is 0 Å². The maximum atomic E-state index is 5.26. The van der Waals surface area contributed by atoms with E-state index >= 15 is 0 Å². The van der Waals surface area contributed by atoms with Crippen molar-refractivity contribution in [3.63, 3.8) is 0 Å². The number of hydrogen-bond donors (Lipinski definition) is 0. The van der Waals surface area contributed by atoms with Crippen molar-refractivity contribution in [2.75, 3.05) is 7.11 Å². The third-order valence-corrected chi connectivity index (χ3v) is 11.1. The normalized spacial score (nSPS) is 14.6. The number of furan rings is 1. The van der Waals surface area contributed by atoms with Gasteiger partial charge >= 0.3 is 0 Å². The topological polar surface area (TPSA) is 48.2 Å². The Morgan fingerprint density at radius 3 is 1.65 bits per heavy atom. The number of hydrogen-bond acceptors (Lipinski definition) is 4. The van der Waals surface area contributed by atoms with Crippen molar-refractivity contribution in [3.8, 4) is 5.75 Å². The summed E-state index contributed by atoms with van der Waals surface area (Å²) >= 11 is 0. The van der Waals surface area contributed by atoms with Crippen LogP contribution in [0.1, 0.15) is 211 Å². The molecular weight excluding hydrogens is 697 g/mol.